The number of amides is 1. The molecule has 0 saturated heterocycles. The minimum Gasteiger partial charge on any atom is -0.409 e. The van der Waals surface area contributed by atoms with Crippen LogP contribution in [0.1, 0.15) is 0 Å². The molecule has 18 heavy (non-hydrogen) atoms. The van der Waals surface area contributed by atoms with Crippen LogP contribution in [-0.2, 0) is 0 Å². The Hall–Kier alpha value is -1.71. The first-order valence-corrected chi connectivity index (χ1v) is 5.89. The third-order valence-corrected chi connectivity index (χ3v) is 2.66. The second-order valence-corrected chi connectivity index (χ2v) is 4.30. The van der Waals surface area contributed by atoms with Crippen molar-refractivity contribution in [3.05, 3.63) is 58.6 Å². The third kappa shape index (κ3) is 3.39. The summed E-state index contributed by atoms with van der Waals surface area (Å²) in [6.45, 7) is 0. The number of nitrogens with one attached hydrogen (secondary N) is 1. The normalized spacial score (nSPS) is 9.89. The minimum atomic E-state index is -0.620. The molecule has 0 aliphatic rings. The third-order valence-electron chi connectivity index (χ3n) is 2.11. The van der Waals surface area contributed by atoms with Crippen molar-refractivity contribution < 1.29 is 9.53 Å². The lowest BCUT2D eigenvalue weighted by atomic mass is 10.3. The molecule has 0 saturated carbocycles. The van der Waals surface area contributed by atoms with Crippen LogP contribution in [0.3, 0.4) is 0 Å². The molecular weight excluding hydrogens is 273 g/mol. The fourth-order valence-corrected chi connectivity index (χ4v) is 1.70. The van der Waals surface area contributed by atoms with Gasteiger partial charge in [0.1, 0.15) is 0 Å². The quantitative estimate of drug-likeness (QED) is 0.873. The highest BCUT2D eigenvalue weighted by atomic mass is 35.5. The largest absolute Gasteiger partial charge is 0.417 e. The molecule has 2 aromatic carbocycles. The molecule has 0 fully saturated rings. The fraction of sp³-hybridized carbons (Fsp3) is 0. The number of halogens is 2. The van der Waals surface area contributed by atoms with E-state index in [-0.39, 0.29) is 0 Å². The Morgan fingerprint density at radius 2 is 1.83 bits per heavy atom. The van der Waals surface area contributed by atoms with Gasteiger partial charge in [-0.15, -0.1) is 0 Å². The topological polar surface area (TPSA) is 38.3 Å². The lowest BCUT2D eigenvalue weighted by Gasteiger charge is -2.07. The molecule has 92 valence electrons. The zero-order valence-electron chi connectivity index (χ0n) is 9.19. The Labute approximate surface area is 114 Å². The number of carbonyl (C=O) groups is 1. The van der Waals surface area contributed by atoms with E-state index in [2.05, 4.69) is 5.32 Å². The van der Waals surface area contributed by atoms with Crippen LogP contribution in [0.5, 0.6) is 5.75 Å². The van der Waals surface area contributed by atoms with E-state index in [0.29, 0.717) is 21.5 Å². The summed E-state index contributed by atoms with van der Waals surface area (Å²) in [5, 5.41) is 3.46. The molecule has 5 heteroatoms. The Morgan fingerprint density at radius 3 is 2.56 bits per heavy atom. The smallest absolute Gasteiger partial charge is 0.409 e. The van der Waals surface area contributed by atoms with E-state index < -0.39 is 6.09 Å². The molecule has 1 N–H and O–H groups in total. The van der Waals surface area contributed by atoms with Gasteiger partial charge in [-0.25, -0.2) is 4.79 Å². The molecular formula is C13H9Cl2NO2. The zero-order chi connectivity index (χ0) is 13.0. The van der Waals surface area contributed by atoms with Crippen molar-refractivity contribution in [1.82, 2.24) is 0 Å². The van der Waals surface area contributed by atoms with Crippen LogP contribution >= 0.6 is 23.2 Å². The van der Waals surface area contributed by atoms with Gasteiger partial charge in [-0.05, 0) is 30.3 Å². The number of para-hydroxylation sites is 1. The summed E-state index contributed by atoms with van der Waals surface area (Å²) in [5.74, 6) is 0.304. The number of rotatable bonds is 2. The first-order valence-electron chi connectivity index (χ1n) is 5.14. The molecule has 0 bridgehead atoms. The summed E-state index contributed by atoms with van der Waals surface area (Å²) in [7, 11) is 0. The SMILES string of the molecule is O=C(Nc1cccc(Cl)c1)Oc1ccccc1Cl. The zero-order valence-corrected chi connectivity index (χ0v) is 10.7. The lowest BCUT2D eigenvalue weighted by molar-refractivity contribution is 0.215. The molecule has 1 amide bonds. The van der Waals surface area contributed by atoms with Crippen molar-refractivity contribution in [2.75, 3.05) is 5.32 Å². The van der Waals surface area contributed by atoms with Crippen LogP contribution in [0.15, 0.2) is 48.5 Å². The van der Waals surface area contributed by atoms with Gasteiger partial charge in [0.15, 0.2) is 5.75 Å². The Balaban J connectivity index is 2.03. The first-order chi connectivity index (χ1) is 8.65. The van der Waals surface area contributed by atoms with Crippen molar-refractivity contribution in [2.45, 2.75) is 0 Å². The average Bonchev–Trinajstić information content (AvgIpc) is 2.32. The van der Waals surface area contributed by atoms with Crippen LogP contribution in [-0.4, -0.2) is 6.09 Å². The fourth-order valence-electron chi connectivity index (χ4n) is 1.34. The van der Waals surface area contributed by atoms with E-state index in [0.717, 1.165) is 0 Å². The van der Waals surface area contributed by atoms with E-state index in [1.807, 2.05) is 0 Å². The van der Waals surface area contributed by atoms with Crippen LogP contribution in [0, 0.1) is 0 Å². The molecule has 0 atom stereocenters. The number of hydrogen-bond donors (Lipinski definition) is 1. The van der Waals surface area contributed by atoms with E-state index >= 15 is 0 Å². The Bertz CT molecular complexity index is 572. The molecule has 2 rings (SSSR count). The van der Waals surface area contributed by atoms with Gasteiger partial charge in [0.05, 0.1) is 5.02 Å². The Morgan fingerprint density at radius 1 is 1.06 bits per heavy atom. The average molecular weight is 282 g/mol. The van der Waals surface area contributed by atoms with Crippen molar-refractivity contribution in [1.29, 1.82) is 0 Å². The van der Waals surface area contributed by atoms with E-state index in [4.69, 9.17) is 27.9 Å². The van der Waals surface area contributed by atoms with Gasteiger partial charge in [-0.1, -0.05) is 41.4 Å². The number of hydrogen-bond acceptors (Lipinski definition) is 2. The maximum Gasteiger partial charge on any atom is 0.417 e. The van der Waals surface area contributed by atoms with Gasteiger partial charge in [0.2, 0.25) is 0 Å². The summed E-state index contributed by atoms with van der Waals surface area (Å²) in [4.78, 5) is 11.6. The van der Waals surface area contributed by atoms with Crippen LogP contribution in [0.4, 0.5) is 10.5 Å². The minimum absolute atomic E-state index is 0.304. The molecule has 0 aromatic heterocycles. The highest BCUT2D eigenvalue weighted by Gasteiger charge is 2.07. The summed E-state index contributed by atoms with van der Waals surface area (Å²) < 4.78 is 5.06. The predicted octanol–water partition coefficient (Wildman–Crippen LogP) is 4.60. The van der Waals surface area contributed by atoms with E-state index in [1.54, 1.807) is 48.5 Å². The van der Waals surface area contributed by atoms with Crippen molar-refractivity contribution in [2.24, 2.45) is 0 Å². The molecule has 0 aliphatic carbocycles. The second kappa shape index (κ2) is 5.76. The molecule has 0 unspecified atom stereocenters. The molecule has 0 aliphatic heterocycles. The Kier molecular flexibility index (Phi) is 4.07. The molecule has 2 aromatic rings. The number of carbonyl (C=O) groups excluding carboxylic acids is 1. The van der Waals surface area contributed by atoms with Gasteiger partial charge >= 0.3 is 6.09 Å². The van der Waals surface area contributed by atoms with Gasteiger partial charge in [0, 0.05) is 10.7 Å². The van der Waals surface area contributed by atoms with Gasteiger partial charge in [0.25, 0.3) is 0 Å². The van der Waals surface area contributed by atoms with Crippen molar-refractivity contribution in [3.63, 3.8) is 0 Å². The lowest BCUT2D eigenvalue weighted by Crippen LogP contribution is -2.16. The summed E-state index contributed by atoms with van der Waals surface area (Å²) in [6.07, 6.45) is -0.620. The summed E-state index contributed by atoms with van der Waals surface area (Å²) in [5.41, 5.74) is 0.555. The molecule has 0 spiro atoms. The number of benzene rings is 2. The van der Waals surface area contributed by atoms with Crippen molar-refractivity contribution >= 4 is 35.0 Å². The van der Waals surface area contributed by atoms with Crippen LogP contribution in [0.2, 0.25) is 10.0 Å². The number of anilines is 1. The molecule has 3 nitrogen and oxygen atoms in total. The van der Waals surface area contributed by atoms with E-state index in [9.17, 15) is 4.79 Å². The van der Waals surface area contributed by atoms with Gasteiger partial charge in [-0.2, -0.15) is 0 Å². The standard InChI is InChI=1S/C13H9Cl2NO2/c14-9-4-3-5-10(8-9)16-13(17)18-12-7-2-1-6-11(12)15/h1-8H,(H,16,17). The maximum absolute atomic E-state index is 11.6. The van der Waals surface area contributed by atoms with Crippen LogP contribution < -0.4 is 10.1 Å². The predicted molar refractivity (Wildman–Crippen MR) is 72.6 cm³/mol. The molecule has 0 radical (unpaired) electrons. The highest BCUT2D eigenvalue weighted by Crippen LogP contribution is 2.23. The second-order valence-electron chi connectivity index (χ2n) is 3.46. The summed E-state index contributed by atoms with van der Waals surface area (Å²) >= 11 is 11.7. The monoisotopic (exact) mass is 281 g/mol. The number of ether oxygens (including phenoxy) is 1. The molecule has 0 heterocycles. The first kappa shape index (κ1) is 12.7. The highest BCUT2D eigenvalue weighted by molar-refractivity contribution is 6.32. The maximum atomic E-state index is 11.6. The summed E-state index contributed by atoms with van der Waals surface area (Å²) in [6, 6.07) is 13.5. The van der Waals surface area contributed by atoms with Crippen LogP contribution in [0.25, 0.3) is 0 Å². The van der Waals surface area contributed by atoms with Gasteiger partial charge in [-0.3, -0.25) is 5.32 Å². The van der Waals surface area contributed by atoms with Crippen molar-refractivity contribution in [3.8, 4) is 5.75 Å². The van der Waals surface area contributed by atoms with Gasteiger partial charge < -0.3 is 4.74 Å². The van der Waals surface area contributed by atoms with E-state index in [1.165, 1.54) is 0 Å².